The molecule has 6 nitrogen and oxygen atoms in total. The summed E-state index contributed by atoms with van der Waals surface area (Å²) in [4.78, 5) is 23.2. The van der Waals surface area contributed by atoms with Gasteiger partial charge in [-0.1, -0.05) is 13.8 Å². The summed E-state index contributed by atoms with van der Waals surface area (Å²) in [6.45, 7) is 5.41. The highest BCUT2D eigenvalue weighted by Crippen LogP contribution is 2.09. The predicted octanol–water partition coefficient (Wildman–Crippen LogP) is 0.601. The Morgan fingerprint density at radius 1 is 1.32 bits per heavy atom. The summed E-state index contributed by atoms with van der Waals surface area (Å²) in [5.41, 5.74) is 0. The minimum atomic E-state index is -1.16. The maximum atomic E-state index is 11.7. The number of hydrogen-bond donors (Lipinski definition) is 2. The van der Waals surface area contributed by atoms with Gasteiger partial charge >= 0.3 is 5.97 Å². The largest absolute Gasteiger partial charge is 0.467 e. The summed E-state index contributed by atoms with van der Waals surface area (Å²) in [5, 5.41) is 20.8. The molecule has 108 valence electrons. The van der Waals surface area contributed by atoms with Crippen molar-refractivity contribution in [2.45, 2.75) is 45.8 Å². The Labute approximate surface area is 113 Å². The first-order valence-corrected chi connectivity index (χ1v) is 6.27. The molecule has 0 bridgehead atoms. The quantitative estimate of drug-likeness (QED) is 0.660. The smallest absolute Gasteiger partial charge is 0.328 e. The maximum Gasteiger partial charge on any atom is 0.328 e. The number of carbonyl (C=O) groups is 2. The molecule has 0 rings (SSSR count). The topological polar surface area (TPSA) is 99.4 Å². The van der Waals surface area contributed by atoms with Crippen molar-refractivity contribution in [1.29, 1.82) is 5.26 Å². The molecule has 0 aromatic carbocycles. The van der Waals surface area contributed by atoms with E-state index in [2.05, 4.69) is 10.1 Å². The number of ether oxygens (including phenoxy) is 1. The SMILES string of the molecule is COC(=O)[C@@H](C[C@@H](C)C#N)NC(=O)[C@H](O)CC(C)C. The van der Waals surface area contributed by atoms with Gasteiger partial charge in [0.05, 0.1) is 13.2 Å². The Morgan fingerprint density at radius 2 is 1.89 bits per heavy atom. The summed E-state index contributed by atoms with van der Waals surface area (Å²) in [6, 6.07) is 1.08. The van der Waals surface area contributed by atoms with Crippen LogP contribution < -0.4 is 5.32 Å². The van der Waals surface area contributed by atoms with Gasteiger partial charge in [0.1, 0.15) is 12.1 Å². The molecule has 0 fully saturated rings. The van der Waals surface area contributed by atoms with Gasteiger partial charge in [0, 0.05) is 5.92 Å². The number of esters is 1. The number of aliphatic hydroxyl groups is 1. The van der Waals surface area contributed by atoms with Crippen molar-refractivity contribution in [3.8, 4) is 6.07 Å². The van der Waals surface area contributed by atoms with E-state index < -0.39 is 29.9 Å². The third-order valence-electron chi connectivity index (χ3n) is 2.61. The van der Waals surface area contributed by atoms with Gasteiger partial charge in [0.2, 0.25) is 5.91 Å². The lowest BCUT2D eigenvalue weighted by atomic mass is 10.0. The first kappa shape index (κ1) is 17.4. The first-order chi connectivity index (χ1) is 8.81. The summed E-state index contributed by atoms with van der Waals surface area (Å²) < 4.78 is 4.57. The fraction of sp³-hybridized carbons (Fsp3) is 0.769. The third-order valence-corrected chi connectivity index (χ3v) is 2.61. The molecule has 0 aromatic rings. The number of aliphatic hydroxyl groups excluding tert-OH is 1. The lowest BCUT2D eigenvalue weighted by molar-refractivity contribution is -0.146. The molecule has 0 spiro atoms. The van der Waals surface area contributed by atoms with Crippen LogP contribution in [0.15, 0.2) is 0 Å². The van der Waals surface area contributed by atoms with Crippen LogP contribution >= 0.6 is 0 Å². The summed E-state index contributed by atoms with van der Waals surface area (Å²) in [5.74, 6) is -1.47. The van der Waals surface area contributed by atoms with Gasteiger partial charge in [0.15, 0.2) is 0 Å². The monoisotopic (exact) mass is 270 g/mol. The van der Waals surface area contributed by atoms with Crippen LogP contribution in [0, 0.1) is 23.2 Å². The van der Waals surface area contributed by atoms with Crippen molar-refractivity contribution in [3.63, 3.8) is 0 Å². The van der Waals surface area contributed by atoms with E-state index in [1.165, 1.54) is 7.11 Å². The van der Waals surface area contributed by atoms with Crippen LogP contribution in [-0.2, 0) is 14.3 Å². The molecule has 0 saturated heterocycles. The molecule has 6 heteroatoms. The van der Waals surface area contributed by atoms with Crippen LogP contribution in [0.25, 0.3) is 0 Å². The second-order valence-corrected chi connectivity index (χ2v) is 5.00. The zero-order chi connectivity index (χ0) is 15.0. The van der Waals surface area contributed by atoms with Crippen LogP contribution in [0.1, 0.15) is 33.6 Å². The molecule has 0 aliphatic rings. The standard InChI is InChI=1S/C13H22N2O4/c1-8(2)5-11(16)12(17)15-10(13(18)19-4)6-9(3)7-14/h8-11,16H,5-6H2,1-4H3,(H,15,17)/t9-,10-,11-/m1/s1. The average Bonchev–Trinajstić information content (AvgIpc) is 2.35. The van der Waals surface area contributed by atoms with Crippen molar-refractivity contribution < 1.29 is 19.4 Å². The van der Waals surface area contributed by atoms with E-state index in [1.807, 2.05) is 19.9 Å². The van der Waals surface area contributed by atoms with Gasteiger partial charge in [-0.25, -0.2) is 4.79 Å². The molecule has 0 unspecified atom stereocenters. The summed E-state index contributed by atoms with van der Waals surface area (Å²) >= 11 is 0. The average molecular weight is 270 g/mol. The van der Waals surface area contributed by atoms with Gasteiger partial charge in [-0.05, 0) is 25.7 Å². The highest BCUT2D eigenvalue weighted by molar-refractivity contribution is 5.86. The number of rotatable bonds is 7. The molecular formula is C13H22N2O4. The van der Waals surface area contributed by atoms with E-state index in [4.69, 9.17) is 5.26 Å². The molecule has 19 heavy (non-hydrogen) atoms. The van der Waals surface area contributed by atoms with E-state index in [9.17, 15) is 14.7 Å². The molecule has 0 aromatic heterocycles. The Hall–Kier alpha value is -1.61. The number of methoxy groups -OCH3 is 1. The van der Waals surface area contributed by atoms with Crippen molar-refractivity contribution in [3.05, 3.63) is 0 Å². The normalized spacial score (nSPS) is 15.2. The molecule has 3 atom stereocenters. The van der Waals surface area contributed by atoms with E-state index in [0.29, 0.717) is 6.42 Å². The van der Waals surface area contributed by atoms with Crippen LogP contribution in [0.2, 0.25) is 0 Å². The number of nitrogens with one attached hydrogen (secondary N) is 1. The number of carbonyl (C=O) groups excluding carboxylic acids is 2. The van der Waals surface area contributed by atoms with E-state index in [1.54, 1.807) is 6.92 Å². The Bertz CT molecular complexity index is 349. The minimum absolute atomic E-state index is 0.156. The van der Waals surface area contributed by atoms with Crippen molar-refractivity contribution in [2.24, 2.45) is 11.8 Å². The summed E-state index contributed by atoms with van der Waals surface area (Å²) in [7, 11) is 1.21. The lowest BCUT2D eigenvalue weighted by Gasteiger charge is -2.20. The highest BCUT2D eigenvalue weighted by atomic mass is 16.5. The molecule has 0 aliphatic heterocycles. The molecule has 0 radical (unpaired) electrons. The van der Waals surface area contributed by atoms with Crippen LogP contribution in [0.3, 0.4) is 0 Å². The minimum Gasteiger partial charge on any atom is -0.467 e. The molecule has 1 amide bonds. The van der Waals surface area contributed by atoms with E-state index in [-0.39, 0.29) is 12.3 Å². The third kappa shape index (κ3) is 6.77. The van der Waals surface area contributed by atoms with Crippen molar-refractivity contribution in [2.75, 3.05) is 7.11 Å². The van der Waals surface area contributed by atoms with Gasteiger partial charge in [0.25, 0.3) is 0 Å². The molecular weight excluding hydrogens is 248 g/mol. The Balaban J connectivity index is 4.60. The van der Waals surface area contributed by atoms with Gasteiger partial charge in [-0.2, -0.15) is 5.26 Å². The highest BCUT2D eigenvalue weighted by Gasteiger charge is 2.26. The molecule has 0 aliphatic carbocycles. The number of nitrogens with zero attached hydrogens (tertiary/aromatic N) is 1. The molecule has 0 heterocycles. The van der Waals surface area contributed by atoms with Gasteiger partial charge < -0.3 is 15.2 Å². The Morgan fingerprint density at radius 3 is 2.32 bits per heavy atom. The van der Waals surface area contributed by atoms with Gasteiger partial charge in [-0.15, -0.1) is 0 Å². The molecule has 2 N–H and O–H groups in total. The zero-order valence-electron chi connectivity index (χ0n) is 11.8. The molecule has 0 saturated carbocycles. The predicted molar refractivity (Wildman–Crippen MR) is 68.8 cm³/mol. The number of nitriles is 1. The van der Waals surface area contributed by atoms with Crippen molar-refractivity contribution in [1.82, 2.24) is 5.32 Å². The summed E-state index contributed by atoms with van der Waals surface area (Å²) in [6.07, 6.45) is -0.693. The fourth-order valence-corrected chi connectivity index (χ4v) is 1.58. The lowest BCUT2D eigenvalue weighted by Crippen LogP contribution is -2.46. The van der Waals surface area contributed by atoms with Gasteiger partial charge in [-0.3, -0.25) is 4.79 Å². The second-order valence-electron chi connectivity index (χ2n) is 5.00. The van der Waals surface area contributed by atoms with E-state index in [0.717, 1.165) is 0 Å². The van der Waals surface area contributed by atoms with E-state index >= 15 is 0 Å². The number of hydrogen-bond acceptors (Lipinski definition) is 5. The van der Waals surface area contributed by atoms with Crippen LogP contribution in [-0.4, -0.2) is 36.2 Å². The van der Waals surface area contributed by atoms with Crippen LogP contribution in [0.4, 0.5) is 0 Å². The zero-order valence-corrected chi connectivity index (χ0v) is 11.8. The maximum absolute atomic E-state index is 11.7. The Kier molecular flexibility index (Phi) is 7.77. The number of amides is 1. The van der Waals surface area contributed by atoms with Crippen LogP contribution in [0.5, 0.6) is 0 Å². The second kappa shape index (κ2) is 8.48. The van der Waals surface area contributed by atoms with Crippen molar-refractivity contribution >= 4 is 11.9 Å². The fourth-order valence-electron chi connectivity index (χ4n) is 1.58. The first-order valence-electron chi connectivity index (χ1n) is 6.27.